The highest BCUT2D eigenvalue weighted by Crippen LogP contribution is 2.23. The van der Waals surface area contributed by atoms with Gasteiger partial charge in [0.25, 0.3) is 5.91 Å². The summed E-state index contributed by atoms with van der Waals surface area (Å²) in [4.78, 5) is 40.7. The summed E-state index contributed by atoms with van der Waals surface area (Å²) in [7, 11) is 0. The summed E-state index contributed by atoms with van der Waals surface area (Å²) in [6.07, 6.45) is 1.36. The zero-order valence-electron chi connectivity index (χ0n) is 16.8. The van der Waals surface area contributed by atoms with E-state index in [2.05, 4.69) is 10.6 Å². The Bertz CT molecular complexity index is 964. The normalized spacial score (nSPS) is 18.7. The van der Waals surface area contributed by atoms with Crippen LogP contribution in [0.4, 0.5) is 21.9 Å². The number of urea groups is 1. The molecular formula is C22H23ClN4O4. The molecule has 0 spiro atoms. The molecule has 0 unspecified atom stereocenters. The van der Waals surface area contributed by atoms with E-state index >= 15 is 0 Å². The van der Waals surface area contributed by atoms with Gasteiger partial charge in [-0.05, 0) is 61.4 Å². The number of anilines is 3. The fraction of sp³-hybridized carbons (Fsp3) is 0.318. The van der Waals surface area contributed by atoms with E-state index in [9.17, 15) is 14.4 Å². The molecule has 0 saturated carbocycles. The third kappa shape index (κ3) is 4.98. The Morgan fingerprint density at radius 2 is 1.65 bits per heavy atom. The topological polar surface area (TPSA) is 91.0 Å². The Hall–Kier alpha value is -3.10. The van der Waals surface area contributed by atoms with Crippen LogP contribution in [0.3, 0.4) is 0 Å². The average Bonchev–Trinajstić information content (AvgIpc) is 3.27. The van der Waals surface area contributed by atoms with Crippen LogP contribution < -0.4 is 15.5 Å². The molecule has 31 heavy (non-hydrogen) atoms. The summed E-state index contributed by atoms with van der Waals surface area (Å²) in [6, 6.07) is 13.0. The van der Waals surface area contributed by atoms with Crippen LogP contribution in [0.5, 0.6) is 0 Å². The minimum absolute atomic E-state index is 0.0763. The lowest BCUT2D eigenvalue weighted by Gasteiger charge is -2.27. The van der Waals surface area contributed by atoms with Gasteiger partial charge < -0.3 is 25.2 Å². The maximum atomic E-state index is 12.8. The number of hydrogen-bond acceptors (Lipinski definition) is 4. The smallest absolute Gasteiger partial charge is 0.322 e. The third-order valence-corrected chi connectivity index (χ3v) is 5.60. The molecule has 162 valence electrons. The summed E-state index contributed by atoms with van der Waals surface area (Å²) in [6.45, 7) is 1.58. The van der Waals surface area contributed by atoms with Gasteiger partial charge in [-0.1, -0.05) is 11.6 Å². The van der Waals surface area contributed by atoms with Crippen molar-refractivity contribution in [3.8, 4) is 0 Å². The molecule has 0 radical (unpaired) electrons. The van der Waals surface area contributed by atoms with Gasteiger partial charge >= 0.3 is 6.03 Å². The molecular weight excluding hydrogens is 420 g/mol. The first kappa shape index (κ1) is 21.1. The van der Waals surface area contributed by atoms with Crippen molar-refractivity contribution in [3.63, 3.8) is 0 Å². The van der Waals surface area contributed by atoms with Crippen molar-refractivity contribution in [2.45, 2.75) is 18.9 Å². The SMILES string of the molecule is O=C(Nc1ccc(Cl)cc1)[C@H]1CCCN1C(=O)Nc1ccc(N2CCOCC2=O)cc1. The van der Waals surface area contributed by atoms with Crippen molar-refractivity contribution in [3.05, 3.63) is 53.6 Å². The van der Waals surface area contributed by atoms with E-state index in [1.165, 1.54) is 0 Å². The van der Waals surface area contributed by atoms with Gasteiger partial charge in [0.05, 0.1) is 6.61 Å². The predicted molar refractivity (Wildman–Crippen MR) is 118 cm³/mol. The molecule has 4 amide bonds. The Kier molecular flexibility index (Phi) is 6.39. The Balaban J connectivity index is 1.37. The van der Waals surface area contributed by atoms with Gasteiger partial charge in [-0.25, -0.2) is 4.79 Å². The van der Waals surface area contributed by atoms with Gasteiger partial charge in [0, 0.05) is 35.2 Å². The number of rotatable bonds is 4. The van der Waals surface area contributed by atoms with Crippen LogP contribution in [-0.4, -0.2) is 55.1 Å². The number of carbonyl (C=O) groups is 3. The average molecular weight is 443 g/mol. The molecule has 2 N–H and O–H groups in total. The molecule has 2 heterocycles. The van der Waals surface area contributed by atoms with Crippen molar-refractivity contribution in [1.29, 1.82) is 0 Å². The molecule has 2 aromatic rings. The molecule has 2 saturated heterocycles. The fourth-order valence-electron chi connectivity index (χ4n) is 3.75. The second-order valence-electron chi connectivity index (χ2n) is 7.42. The van der Waals surface area contributed by atoms with E-state index in [4.69, 9.17) is 16.3 Å². The van der Waals surface area contributed by atoms with Gasteiger partial charge in [0.2, 0.25) is 5.91 Å². The second kappa shape index (κ2) is 9.36. The predicted octanol–water partition coefficient (Wildman–Crippen LogP) is 3.34. The summed E-state index contributed by atoms with van der Waals surface area (Å²) in [5.41, 5.74) is 1.99. The lowest BCUT2D eigenvalue weighted by Crippen LogP contribution is -2.45. The lowest BCUT2D eigenvalue weighted by molar-refractivity contribution is -0.125. The van der Waals surface area contributed by atoms with Crippen molar-refractivity contribution in [2.75, 3.05) is 41.8 Å². The van der Waals surface area contributed by atoms with E-state index in [1.807, 2.05) is 0 Å². The van der Waals surface area contributed by atoms with Gasteiger partial charge in [0.15, 0.2) is 0 Å². The number of amides is 4. The van der Waals surface area contributed by atoms with Gasteiger partial charge in [-0.15, -0.1) is 0 Å². The molecule has 2 fully saturated rings. The number of benzene rings is 2. The van der Waals surface area contributed by atoms with Crippen molar-refractivity contribution >= 4 is 46.5 Å². The fourth-order valence-corrected chi connectivity index (χ4v) is 3.88. The highest BCUT2D eigenvalue weighted by atomic mass is 35.5. The second-order valence-corrected chi connectivity index (χ2v) is 7.86. The third-order valence-electron chi connectivity index (χ3n) is 5.34. The number of nitrogens with zero attached hydrogens (tertiary/aromatic N) is 2. The standard InChI is InChI=1S/C22H23ClN4O4/c23-15-3-5-16(6-4-15)24-21(29)19-2-1-11-27(19)22(30)25-17-7-9-18(10-8-17)26-12-13-31-14-20(26)28/h3-10,19H,1-2,11-14H2,(H,24,29)(H,25,30)/t19-/m1/s1. The summed E-state index contributed by atoms with van der Waals surface area (Å²) < 4.78 is 5.15. The molecule has 1 atom stereocenters. The highest BCUT2D eigenvalue weighted by Gasteiger charge is 2.34. The van der Waals surface area contributed by atoms with E-state index in [1.54, 1.807) is 58.3 Å². The molecule has 0 aromatic heterocycles. The number of nitrogens with one attached hydrogen (secondary N) is 2. The maximum Gasteiger partial charge on any atom is 0.322 e. The first-order valence-electron chi connectivity index (χ1n) is 10.1. The van der Waals surface area contributed by atoms with E-state index < -0.39 is 6.04 Å². The van der Waals surface area contributed by atoms with Crippen molar-refractivity contribution in [2.24, 2.45) is 0 Å². The minimum Gasteiger partial charge on any atom is -0.370 e. The monoisotopic (exact) mass is 442 g/mol. The number of halogens is 1. The molecule has 0 aliphatic carbocycles. The quantitative estimate of drug-likeness (QED) is 0.759. The molecule has 8 nitrogen and oxygen atoms in total. The van der Waals surface area contributed by atoms with Crippen LogP contribution in [0, 0.1) is 0 Å². The molecule has 2 aliphatic heterocycles. The van der Waals surface area contributed by atoms with Gasteiger partial charge in [-0.3, -0.25) is 9.59 Å². The number of carbonyl (C=O) groups excluding carboxylic acids is 3. The first-order chi connectivity index (χ1) is 15.0. The number of morpholine rings is 1. The minimum atomic E-state index is -0.541. The first-order valence-corrected chi connectivity index (χ1v) is 10.5. The summed E-state index contributed by atoms with van der Waals surface area (Å²) in [5.74, 6) is -0.314. The summed E-state index contributed by atoms with van der Waals surface area (Å²) >= 11 is 5.88. The van der Waals surface area contributed by atoms with Crippen LogP contribution in [-0.2, 0) is 14.3 Å². The number of hydrogen-bond donors (Lipinski definition) is 2. The van der Waals surface area contributed by atoms with Gasteiger partial charge in [0.1, 0.15) is 12.6 Å². The van der Waals surface area contributed by atoms with E-state index in [0.717, 1.165) is 12.1 Å². The highest BCUT2D eigenvalue weighted by molar-refractivity contribution is 6.30. The zero-order valence-corrected chi connectivity index (χ0v) is 17.6. The van der Waals surface area contributed by atoms with Gasteiger partial charge in [-0.2, -0.15) is 0 Å². The van der Waals surface area contributed by atoms with Crippen LogP contribution in [0.25, 0.3) is 0 Å². The number of likely N-dealkylation sites (tertiary alicyclic amines) is 1. The maximum absolute atomic E-state index is 12.8. The Morgan fingerprint density at radius 1 is 0.968 bits per heavy atom. The molecule has 4 rings (SSSR count). The van der Waals surface area contributed by atoms with Crippen LogP contribution >= 0.6 is 11.6 Å². The Labute approximate surface area is 185 Å². The zero-order chi connectivity index (χ0) is 21.8. The summed E-state index contributed by atoms with van der Waals surface area (Å²) in [5, 5.41) is 6.27. The van der Waals surface area contributed by atoms with E-state index in [0.29, 0.717) is 42.5 Å². The molecule has 0 bridgehead atoms. The molecule has 2 aliphatic rings. The Morgan fingerprint density at radius 3 is 2.35 bits per heavy atom. The molecule has 9 heteroatoms. The van der Waals surface area contributed by atoms with Crippen LogP contribution in [0.1, 0.15) is 12.8 Å². The van der Waals surface area contributed by atoms with Crippen LogP contribution in [0.15, 0.2) is 48.5 Å². The van der Waals surface area contributed by atoms with E-state index in [-0.39, 0.29) is 24.5 Å². The van der Waals surface area contributed by atoms with Crippen LogP contribution in [0.2, 0.25) is 5.02 Å². The van der Waals surface area contributed by atoms with Crippen molar-refractivity contribution in [1.82, 2.24) is 4.90 Å². The number of ether oxygens (including phenoxy) is 1. The largest absolute Gasteiger partial charge is 0.370 e. The van der Waals surface area contributed by atoms with Crippen molar-refractivity contribution < 1.29 is 19.1 Å². The lowest BCUT2D eigenvalue weighted by atomic mass is 10.2. The molecule has 2 aromatic carbocycles.